The maximum absolute atomic E-state index is 13.3. The number of rotatable bonds is 9. The maximum Gasteiger partial charge on any atom is 0.195 e. The van der Waals surface area contributed by atoms with Crippen LogP contribution in [0.2, 0.25) is 5.02 Å². The Morgan fingerprint density at radius 2 is 1.69 bits per heavy atom. The van der Waals surface area contributed by atoms with Crippen LogP contribution in [0, 0.1) is 0 Å². The van der Waals surface area contributed by atoms with Crippen LogP contribution in [0.3, 0.4) is 0 Å². The van der Waals surface area contributed by atoms with Crippen LogP contribution >= 0.6 is 11.6 Å². The van der Waals surface area contributed by atoms with Gasteiger partial charge in [-0.3, -0.25) is 4.79 Å². The summed E-state index contributed by atoms with van der Waals surface area (Å²) in [5, 5.41) is 3.59. The van der Waals surface area contributed by atoms with Crippen LogP contribution in [0.5, 0.6) is 11.5 Å². The molecule has 0 amide bonds. The van der Waals surface area contributed by atoms with Crippen LogP contribution in [0.4, 0.5) is 0 Å². The van der Waals surface area contributed by atoms with E-state index in [0.29, 0.717) is 16.1 Å². The van der Waals surface area contributed by atoms with Gasteiger partial charge in [-0.15, -0.1) is 5.06 Å². The van der Waals surface area contributed by atoms with Crippen molar-refractivity contribution in [1.82, 2.24) is 14.5 Å². The lowest BCUT2D eigenvalue weighted by Crippen LogP contribution is -2.47. The molecule has 0 radical (unpaired) electrons. The highest BCUT2D eigenvalue weighted by molar-refractivity contribution is 6.30. The topological polar surface area (TPSA) is 46.9 Å². The molecule has 36 heavy (non-hydrogen) atoms. The van der Waals surface area contributed by atoms with Gasteiger partial charge in [-0.1, -0.05) is 60.1 Å². The summed E-state index contributed by atoms with van der Waals surface area (Å²) in [7, 11) is 1.68. The largest absolute Gasteiger partial charge is 0.495 e. The molecule has 3 aromatic carbocycles. The molecule has 0 unspecified atom stereocenters. The number of aryl methyl sites for hydroxylation is 1. The van der Waals surface area contributed by atoms with Gasteiger partial charge in [0.05, 0.1) is 12.6 Å². The van der Waals surface area contributed by atoms with Crippen molar-refractivity contribution in [2.45, 2.75) is 13.0 Å². The minimum Gasteiger partial charge on any atom is -0.495 e. The lowest BCUT2D eigenvalue weighted by Gasteiger charge is -2.34. The first-order valence-corrected chi connectivity index (χ1v) is 12.7. The van der Waals surface area contributed by atoms with Crippen molar-refractivity contribution in [3.05, 3.63) is 95.1 Å². The van der Waals surface area contributed by atoms with E-state index in [2.05, 4.69) is 9.47 Å². The third-order valence-corrected chi connectivity index (χ3v) is 6.83. The predicted octanol–water partition coefficient (Wildman–Crippen LogP) is 5.54. The maximum atomic E-state index is 13.3. The smallest absolute Gasteiger partial charge is 0.195 e. The van der Waals surface area contributed by atoms with Crippen molar-refractivity contribution in [3.8, 4) is 11.5 Å². The second-order valence-corrected chi connectivity index (χ2v) is 9.40. The van der Waals surface area contributed by atoms with E-state index in [1.54, 1.807) is 7.11 Å². The van der Waals surface area contributed by atoms with Gasteiger partial charge in [0.1, 0.15) is 11.5 Å². The highest BCUT2D eigenvalue weighted by Crippen LogP contribution is 2.31. The van der Waals surface area contributed by atoms with Crippen molar-refractivity contribution in [2.24, 2.45) is 0 Å². The van der Waals surface area contributed by atoms with Gasteiger partial charge in [0.2, 0.25) is 0 Å². The number of hydrogen-bond acceptors (Lipinski definition) is 5. The van der Waals surface area contributed by atoms with E-state index < -0.39 is 0 Å². The van der Waals surface area contributed by atoms with Crippen LogP contribution in [0.15, 0.2) is 79.0 Å². The second kappa shape index (κ2) is 11.2. The molecule has 1 saturated heterocycles. The van der Waals surface area contributed by atoms with Crippen LogP contribution in [0.25, 0.3) is 10.9 Å². The van der Waals surface area contributed by atoms with E-state index in [9.17, 15) is 4.79 Å². The highest BCUT2D eigenvalue weighted by Gasteiger charge is 2.21. The Hall–Kier alpha value is -3.32. The molecule has 186 valence electrons. The van der Waals surface area contributed by atoms with E-state index in [1.165, 1.54) is 0 Å². The molecule has 0 atom stereocenters. The van der Waals surface area contributed by atoms with Gasteiger partial charge in [-0.2, -0.15) is 0 Å². The molecule has 4 aromatic rings. The van der Waals surface area contributed by atoms with Gasteiger partial charge in [0.25, 0.3) is 0 Å². The van der Waals surface area contributed by atoms with E-state index in [0.717, 1.165) is 68.1 Å². The Bertz CT molecular complexity index is 1330. The zero-order valence-electron chi connectivity index (χ0n) is 20.4. The Morgan fingerprint density at radius 1 is 0.917 bits per heavy atom. The van der Waals surface area contributed by atoms with E-state index in [-0.39, 0.29) is 5.78 Å². The summed E-state index contributed by atoms with van der Waals surface area (Å²) >= 11 is 6.06. The molecular weight excluding hydrogens is 474 g/mol. The number of fused-ring (bicyclic) bond motifs is 1. The van der Waals surface area contributed by atoms with Crippen molar-refractivity contribution in [3.63, 3.8) is 0 Å². The van der Waals surface area contributed by atoms with Crippen LogP contribution in [-0.4, -0.2) is 60.1 Å². The number of carbonyl (C=O) groups is 1. The minimum atomic E-state index is 0.0310. The Kier molecular flexibility index (Phi) is 7.56. The first kappa shape index (κ1) is 24.4. The highest BCUT2D eigenvalue weighted by atomic mass is 35.5. The fourth-order valence-corrected chi connectivity index (χ4v) is 4.96. The van der Waals surface area contributed by atoms with Crippen molar-refractivity contribution >= 4 is 28.3 Å². The van der Waals surface area contributed by atoms with Crippen LogP contribution in [0.1, 0.15) is 22.3 Å². The summed E-state index contributed by atoms with van der Waals surface area (Å²) < 4.78 is 7.83. The van der Waals surface area contributed by atoms with Crippen molar-refractivity contribution < 1.29 is 14.4 Å². The molecule has 7 heteroatoms. The molecule has 0 N–H and O–H groups in total. The summed E-state index contributed by atoms with van der Waals surface area (Å²) in [6.07, 6.45) is 2.95. The number of hydrogen-bond donors (Lipinski definition) is 0. The zero-order valence-corrected chi connectivity index (χ0v) is 21.2. The molecule has 0 spiro atoms. The summed E-state index contributed by atoms with van der Waals surface area (Å²) in [5.41, 5.74) is 2.37. The predicted molar refractivity (Wildman–Crippen MR) is 143 cm³/mol. The molecule has 1 aliphatic rings. The summed E-state index contributed by atoms with van der Waals surface area (Å²) in [4.78, 5) is 21.7. The van der Waals surface area contributed by atoms with E-state index in [1.807, 2.05) is 84.1 Å². The van der Waals surface area contributed by atoms with Gasteiger partial charge in [0.15, 0.2) is 5.78 Å². The fourth-order valence-electron chi connectivity index (χ4n) is 4.77. The summed E-state index contributed by atoms with van der Waals surface area (Å²) in [5.74, 6) is 1.58. The molecule has 0 aliphatic carbocycles. The molecule has 0 saturated carbocycles. The Morgan fingerprint density at radius 3 is 2.44 bits per heavy atom. The Balaban J connectivity index is 1.23. The van der Waals surface area contributed by atoms with Gasteiger partial charge in [-0.25, -0.2) is 0 Å². The molecule has 1 aliphatic heterocycles. The standard InChI is InChI=1S/C29H30ClN3O3/c1-35-27-13-6-12-25-26(29(34)22-8-3-2-4-9-22)21-32(28(25)27)15-7-14-31-16-18-33(19-17-31)36-24-11-5-10-23(30)20-24/h2-6,8-13,20-21H,7,14-19H2,1H3. The van der Waals surface area contributed by atoms with E-state index in [4.69, 9.17) is 21.2 Å². The van der Waals surface area contributed by atoms with Crippen molar-refractivity contribution in [2.75, 3.05) is 39.8 Å². The summed E-state index contributed by atoms with van der Waals surface area (Å²) in [6, 6.07) is 22.8. The number of para-hydroxylation sites is 1. The number of nitrogens with zero attached hydrogens (tertiary/aromatic N) is 3. The molecule has 6 nitrogen and oxygen atoms in total. The number of benzene rings is 3. The molecule has 1 aromatic heterocycles. The molecule has 1 fully saturated rings. The minimum absolute atomic E-state index is 0.0310. The lowest BCUT2D eigenvalue weighted by molar-refractivity contribution is -0.0885. The van der Waals surface area contributed by atoms with Gasteiger partial charge in [-0.05, 0) is 31.2 Å². The number of carbonyl (C=O) groups excluding carboxylic acids is 1. The fraction of sp³-hybridized carbons (Fsp3) is 0.276. The SMILES string of the molecule is COc1cccc2c(C(=O)c3ccccc3)cn(CCCN3CCN(Oc4cccc(Cl)c4)CC3)c12. The number of ether oxygens (including phenoxy) is 1. The number of piperazine rings is 1. The third-order valence-electron chi connectivity index (χ3n) is 6.60. The van der Waals surface area contributed by atoms with Gasteiger partial charge in [0, 0.05) is 66.5 Å². The first-order chi connectivity index (χ1) is 17.6. The average molecular weight is 504 g/mol. The van der Waals surface area contributed by atoms with Crippen LogP contribution < -0.4 is 9.57 Å². The van der Waals surface area contributed by atoms with Crippen molar-refractivity contribution in [1.29, 1.82) is 0 Å². The van der Waals surface area contributed by atoms with Gasteiger partial charge < -0.3 is 19.0 Å². The van der Waals surface area contributed by atoms with E-state index >= 15 is 0 Å². The number of halogens is 1. The molecule has 0 bridgehead atoms. The zero-order chi connectivity index (χ0) is 24.9. The number of hydroxylamine groups is 2. The molecular formula is C29H30ClN3O3. The quantitative estimate of drug-likeness (QED) is 0.281. The normalized spacial score (nSPS) is 14.7. The number of aromatic nitrogens is 1. The molecule has 5 rings (SSSR count). The monoisotopic (exact) mass is 503 g/mol. The van der Waals surface area contributed by atoms with Gasteiger partial charge >= 0.3 is 0 Å². The van der Waals surface area contributed by atoms with Crippen LogP contribution in [-0.2, 0) is 6.54 Å². The third kappa shape index (κ3) is 5.41. The number of methoxy groups -OCH3 is 1. The lowest BCUT2D eigenvalue weighted by atomic mass is 10.0. The Labute approximate surface area is 216 Å². The second-order valence-electron chi connectivity index (χ2n) is 8.96. The summed E-state index contributed by atoms with van der Waals surface area (Å²) in [6.45, 7) is 5.33. The average Bonchev–Trinajstić information content (AvgIpc) is 3.28. The first-order valence-electron chi connectivity index (χ1n) is 12.3. The number of ketones is 1. The molecule has 2 heterocycles.